The van der Waals surface area contributed by atoms with Crippen molar-refractivity contribution in [3.8, 4) is 33.5 Å². The molecule has 0 unspecified atom stereocenters. The molecule has 0 bridgehead atoms. The monoisotopic (exact) mass is 605 g/mol. The topological polar surface area (TPSA) is 26.0 Å². The van der Waals surface area contributed by atoms with Gasteiger partial charge in [-0.15, -0.1) is 0 Å². The van der Waals surface area contributed by atoms with E-state index in [9.17, 15) is 0 Å². The maximum atomic E-state index is 6.36. The lowest BCUT2D eigenvalue weighted by molar-refractivity contribution is 0.574. The number of furan rings is 1. The second-order valence-electron chi connectivity index (χ2n) is 13.4. The molecule has 0 aliphatic heterocycles. The van der Waals surface area contributed by atoms with Crippen LogP contribution < -0.4 is 10.6 Å². The SMILES string of the molecule is CC1(C)C2=CCC=c3oc4ccccc4c3=C2c2ccc(-c3ccc(-c4cc(-c5ccccc5)cc(C5=CC=CCC5)n4)cc3)cc21. The van der Waals surface area contributed by atoms with E-state index in [0.717, 1.165) is 47.2 Å². The summed E-state index contributed by atoms with van der Waals surface area (Å²) in [4.78, 5) is 5.18. The summed E-state index contributed by atoms with van der Waals surface area (Å²) < 4.78 is 6.36. The molecule has 0 fully saturated rings. The number of benzene rings is 4. The van der Waals surface area contributed by atoms with E-state index in [-0.39, 0.29) is 5.41 Å². The van der Waals surface area contributed by atoms with Crippen LogP contribution in [-0.4, -0.2) is 4.98 Å². The second-order valence-corrected chi connectivity index (χ2v) is 13.4. The van der Waals surface area contributed by atoms with Gasteiger partial charge in [0.25, 0.3) is 0 Å². The molecule has 0 atom stereocenters. The molecule has 0 saturated heterocycles. The summed E-state index contributed by atoms with van der Waals surface area (Å²) in [6.07, 6.45) is 14.2. The third-order valence-electron chi connectivity index (χ3n) is 10.2. The van der Waals surface area contributed by atoms with Crippen LogP contribution in [0.25, 0.3) is 61.7 Å². The highest BCUT2D eigenvalue weighted by molar-refractivity contribution is 5.95. The predicted molar refractivity (Wildman–Crippen MR) is 195 cm³/mol. The molecule has 0 radical (unpaired) electrons. The van der Waals surface area contributed by atoms with Gasteiger partial charge in [0, 0.05) is 21.6 Å². The lowest BCUT2D eigenvalue weighted by Gasteiger charge is -2.22. The minimum Gasteiger partial charge on any atom is -0.456 e. The molecule has 2 heteroatoms. The van der Waals surface area contributed by atoms with E-state index in [0.29, 0.717) is 0 Å². The highest BCUT2D eigenvalue weighted by Gasteiger charge is 2.39. The van der Waals surface area contributed by atoms with Crippen LogP contribution in [0.4, 0.5) is 0 Å². The molecule has 3 aliphatic carbocycles. The fourth-order valence-electron chi connectivity index (χ4n) is 7.73. The number of fused-ring (bicyclic) bond motifs is 6. The predicted octanol–water partition coefficient (Wildman–Crippen LogP) is 10.2. The summed E-state index contributed by atoms with van der Waals surface area (Å²) in [7, 11) is 0. The number of para-hydroxylation sites is 1. The van der Waals surface area contributed by atoms with Crippen LogP contribution in [0.1, 0.15) is 49.9 Å². The van der Waals surface area contributed by atoms with Gasteiger partial charge in [-0.2, -0.15) is 0 Å². The second kappa shape index (κ2) is 10.8. The molecule has 9 rings (SSSR count). The molecule has 47 heavy (non-hydrogen) atoms. The molecule has 0 N–H and O–H groups in total. The highest BCUT2D eigenvalue weighted by atomic mass is 16.3. The average Bonchev–Trinajstić information content (AvgIpc) is 3.50. The Kier molecular flexibility index (Phi) is 6.40. The zero-order valence-corrected chi connectivity index (χ0v) is 26.8. The third kappa shape index (κ3) is 4.59. The molecule has 2 heterocycles. The smallest absolute Gasteiger partial charge is 0.135 e. The molecular weight excluding hydrogens is 571 g/mol. The van der Waals surface area contributed by atoms with Gasteiger partial charge in [-0.1, -0.05) is 123 Å². The minimum absolute atomic E-state index is 0.115. The molecular formula is C45H35NO. The normalized spacial score (nSPS) is 16.1. The highest BCUT2D eigenvalue weighted by Crippen LogP contribution is 2.50. The number of hydrogen-bond acceptors (Lipinski definition) is 2. The zero-order chi connectivity index (χ0) is 31.5. The molecule has 0 amide bonds. The molecule has 4 aromatic carbocycles. The molecule has 2 nitrogen and oxygen atoms in total. The van der Waals surface area contributed by atoms with Crippen molar-refractivity contribution in [1.29, 1.82) is 0 Å². The van der Waals surface area contributed by atoms with Crippen LogP contribution in [0, 0.1) is 0 Å². The number of aromatic nitrogens is 1. The first-order valence-electron chi connectivity index (χ1n) is 16.7. The first-order chi connectivity index (χ1) is 23.0. The van der Waals surface area contributed by atoms with Gasteiger partial charge in [0.1, 0.15) is 11.0 Å². The van der Waals surface area contributed by atoms with Crippen molar-refractivity contribution in [1.82, 2.24) is 4.98 Å². The first kappa shape index (κ1) is 27.8. The van der Waals surface area contributed by atoms with Crippen LogP contribution in [0.5, 0.6) is 0 Å². The van der Waals surface area contributed by atoms with E-state index in [1.54, 1.807) is 0 Å². The number of pyridine rings is 1. The number of rotatable bonds is 4. The van der Waals surface area contributed by atoms with Crippen LogP contribution in [0.2, 0.25) is 0 Å². The largest absolute Gasteiger partial charge is 0.456 e. The number of allylic oxidation sites excluding steroid dienone is 6. The Morgan fingerprint density at radius 1 is 0.681 bits per heavy atom. The van der Waals surface area contributed by atoms with Crippen molar-refractivity contribution in [2.24, 2.45) is 0 Å². The van der Waals surface area contributed by atoms with Gasteiger partial charge >= 0.3 is 0 Å². The summed E-state index contributed by atoms with van der Waals surface area (Å²) >= 11 is 0. The van der Waals surface area contributed by atoms with Gasteiger partial charge in [-0.25, -0.2) is 4.98 Å². The Morgan fingerprint density at radius 2 is 1.43 bits per heavy atom. The van der Waals surface area contributed by atoms with E-state index in [4.69, 9.17) is 9.40 Å². The van der Waals surface area contributed by atoms with Crippen LogP contribution >= 0.6 is 0 Å². The number of hydrogen-bond donors (Lipinski definition) is 0. The maximum Gasteiger partial charge on any atom is 0.135 e. The molecule has 3 aliphatic rings. The van der Waals surface area contributed by atoms with Crippen molar-refractivity contribution in [3.05, 3.63) is 167 Å². The maximum absolute atomic E-state index is 6.36. The van der Waals surface area contributed by atoms with Gasteiger partial charge in [0.2, 0.25) is 0 Å². The summed E-state index contributed by atoms with van der Waals surface area (Å²) in [5.74, 6) is 0. The van der Waals surface area contributed by atoms with Gasteiger partial charge < -0.3 is 4.42 Å². The Labute approximate surface area is 275 Å². The fraction of sp³-hybridized carbons (Fsp3) is 0.133. The van der Waals surface area contributed by atoms with Crippen molar-refractivity contribution in [3.63, 3.8) is 0 Å². The summed E-state index contributed by atoms with van der Waals surface area (Å²) in [6.45, 7) is 4.73. The van der Waals surface area contributed by atoms with E-state index < -0.39 is 0 Å². The molecule has 2 aromatic heterocycles. The summed E-state index contributed by atoms with van der Waals surface area (Å²) in [5.41, 5.74) is 16.5. The minimum atomic E-state index is -0.115. The molecule has 0 spiro atoms. The molecule has 0 saturated carbocycles. The van der Waals surface area contributed by atoms with E-state index in [1.807, 2.05) is 0 Å². The standard InChI is InChI=1S/C45H35NO/c1-45(2)37-17-11-19-42-44(36-16-9-10-18-41(36)47-42)43(37)35-25-24-33(26-38(35)45)30-20-22-32(23-21-30)40-28-34(29-12-5-3-6-13-29)27-39(46-40)31-14-7-4-8-15-31/h3-7,9-10,12-14,16-28H,8,11,15H2,1-2H3. The Bertz CT molecular complexity index is 2430. The lowest BCUT2D eigenvalue weighted by atomic mass is 9.81. The van der Waals surface area contributed by atoms with Crippen molar-refractivity contribution < 1.29 is 4.42 Å². The van der Waals surface area contributed by atoms with Crippen molar-refractivity contribution in [2.45, 2.75) is 38.5 Å². The first-order valence-corrected chi connectivity index (χ1v) is 16.7. The van der Waals surface area contributed by atoms with Gasteiger partial charge in [0.05, 0.1) is 11.4 Å². The van der Waals surface area contributed by atoms with Gasteiger partial charge in [-0.3, -0.25) is 0 Å². The Balaban J connectivity index is 1.13. The van der Waals surface area contributed by atoms with E-state index in [2.05, 4.69) is 153 Å². The average molecular weight is 606 g/mol. The third-order valence-corrected chi connectivity index (χ3v) is 10.2. The Morgan fingerprint density at radius 3 is 2.26 bits per heavy atom. The number of nitrogens with zero attached hydrogens (tertiary/aromatic N) is 1. The lowest BCUT2D eigenvalue weighted by Crippen LogP contribution is -2.23. The van der Waals surface area contributed by atoms with E-state index >= 15 is 0 Å². The van der Waals surface area contributed by atoms with Crippen LogP contribution in [-0.2, 0) is 5.41 Å². The van der Waals surface area contributed by atoms with Gasteiger partial charge in [-0.05, 0) is 99.7 Å². The zero-order valence-electron chi connectivity index (χ0n) is 26.8. The van der Waals surface area contributed by atoms with E-state index in [1.165, 1.54) is 60.7 Å². The van der Waals surface area contributed by atoms with Crippen molar-refractivity contribution in [2.75, 3.05) is 0 Å². The summed E-state index contributed by atoms with van der Waals surface area (Å²) in [6, 6.07) is 39.5. The Hall–Kier alpha value is -5.47. The van der Waals surface area contributed by atoms with Gasteiger partial charge in [0.15, 0.2) is 0 Å². The molecule has 226 valence electrons. The van der Waals surface area contributed by atoms with Crippen LogP contribution in [0.3, 0.4) is 0 Å². The summed E-state index contributed by atoms with van der Waals surface area (Å²) in [5, 5.41) is 2.42. The van der Waals surface area contributed by atoms with Crippen molar-refractivity contribution >= 4 is 28.2 Å². The fourth-order valence-corrected chi connectivity index (χ4v) is 7.73. The quantitative estimate of drug-likeness (QED) is 0.200. The van der Waals surface area contributed by atoms with Crippen LogP contribution in [0.15, 0.2) is 143 Å². The molecule has 6 aromatic rings.